The number of fused-ring (bicyclic) bond motifs is 2. The van der Waals surface area contributed by atoms with Gasteiger partial charge in [-0.15, -0.1) is 0 Å². The lowest BCUT2D eigenvalue weighted by atomic mass is 9.78. The fourth-order valence-corrected chi connectivity index (χ4v) is 4.04. The van der Waals surface area contributed by atoms with Gasteiger partial charge >= 0.3 is 0 Å². The SMILES string of the molecule is CC(C)(O)CCc1ccc(C(=O)N2CC3CCCC(C3)C2)cc1. The van der Waals surface area contributed by atoms with Crippen molar-refractivity contribution in [3.63, 3.8) is 0 Å². The molecule has 1 amide bonds. The number of amides is 1. The van der Waals surface area contributed by atoms with Crippen LogP contribution in [0.25, 0.3) is 0 Å². The minimum Gasteiger partial charge on any atom is -0.390 e. The second-order valence-electron chi connectivity index (χ2n) is 8.12. The molecule has 1 saturated heterocycles. The Kier molecular flexibility index (Phi) is 4.77. The van der Waals surface area contributed by atoms with Crippen LogP contribution in [0.3, 0.4) is 0 Å². The predicted octanol–water partition coefficient (Wildman–Crippen LogP) is 3.65. The fraction of sp³-hybridized carbons (Fsp3) is 0.650. The quantitative estimate of drug-likeness (QED) is 0.921. The fourth-order valence-electron chi connectivity index (χ4n) is 4.04. The number of aliphatic hydroxyl groups is 1. The molecule has 23 heavy (non-hydrogen) atoms. The van der Waals surface area contributed by atoms with Gasteiger partial charge in [-0.3, -0.25) is 4.79 Å². The molecule has 126 valence electrons. The van der Waals surface area contributed by atoms with Crippen LogP contribution < -0.4 is 0 Å². The number of likely N-dealkylation sites (tertiary alicyclic amines) is 1. The lowest BCUT2D eigenvalue weighted by molar-refractivity contribution is 0.0504. The number of carbonyl (C=O) groups is 1. The number of hydrogen-bond donors (Lipinski definition) is 1. The molecular weight excluding hydrogens is 286 g/mol. The van der Waals surface area contributed by atoms with Gasteiger partial charge in [-0.2, -0.15) is 0 Å². The zero-order valence-electron chi connectivity index (χ0n) is 14.4. The van der Waals surface area contributed by atoms with Gasteiger partial charge in [0, 0.05) is 18.7 Å². The molecular formula is C20H29NO2. The lowest BCUT2D eigenvalue weighted by Gasteiger charge is -2.41. The van der Waals surface area contributed by atoms with E-state index in [-0.39, 0.29) is 5.91 Å². The molecule has 3 rings (SSSR count). The molecule has 2 bridgehead atoms. The smallest absolute Gasteiger partial charge is 0.253 e. The van der Waals surface area contributed by atoms with Gasteiger partial charge in [0.2, 0.25) is 0 Å². The molecule has 1 saturated carbocycles. The van der Waals surface area contributed by atoms with Crippen LogP contribution in [-0.2, 0) is 6.42 Å². The summed E-state index contributed by atoms with van der Waals surface area (Å²) in [6.45, 7) is 5.54. The summed E-state index contributed by atoms with van der Waals surface area (Å²) in [6.07, 6.45) is 6.81. The number of piperidine rings is 1. The van der Waals surface area contributed by atoms with Gasteiger partial charge in [0.1, 0.15) is 0 Å². The highest BCUT2D eigenvalue weighted by Crippen LogP contribution is 2.34. The van der Waals surface area contributed by atoms with E-state index in [0.717, 1.165) is 43.3 Å². The number of rotatable bonds is 4. The highest BCUT2D eigenvalue weighted by molar-refractivity contribution is 5.94. The van der Waals surface area contributed by atoms with Crippen LogP contribution in [0.4, 0.5) is 0 Å². The van der Waals surface area contributed by atoms with E-state index in [0.29, 0.717) is 0 Å². The van der Waals surface area contributed by atoms with Crippen LogP contribution in [0.5, 0.6) is 0 Å². The first-order valence-electron chi connectivity index (χ1n) is 9.01. The Hall–Kier alpha value is -1.35. The van der Waals surface area contributed by atoms with Gasteiger partial charge in [-0.05, 0) is 75.5 Å². The zero-order chi connectivity index (χ0) is 16.4. The molecule has 2 aliphatic rings. The van der Waals surface area contributed by atoms with Crippen LogP contribution >= 0.6 is 0 Å². The topological polar surface area (TPSA) is 40.5 Å². The highest BCUT2D eigenvalue weighted by Gasteiger charge is 2.32. The third-order valence-electron chi connectivity index (χ3n) is 5.36. The summed E-state index contributed by atoms with van der Waals surface area (Å²) in [5.74, 6) is 1.63. The lowest BCUT2D eigenvalue weighted by Crippen LogP contribution is -2.45. The standard InChI is InChI=1S/C20H29NO2/c1-20(2,23)11-10-15-6-8-18(9-7-15)19(22)21-13-16-4-3-5-17(12-16)14-21/h6-9,16-17,23H,3-5,10-14H2,1-2H3. The first-order valence-corrected chi connectivity index (χ1v) is 9.01. The maximum atomic E-state index is 12.7. The molecule has 2 unspecified atom stereocenters. The van der Waals surface area contributed by atoms with Crippen LogP contribution in [0.1, 0.15) is 61.9 Å². The first-order chi connectivity index (χ1) is 10.9. The summed E-state index contributed by atoms with van der Waals surface area (Å²) >= 11 is 0. The molecule has 0 spiro atoms. The summed E-state index contributed by atoms with van der Waals surface area (Å²) in [7, 11) is 0. The normalized spacial score (nSPS) is 24.6. The average Bonchev–Trinajstić information content (AvgIpc) is 2.51. The third-order valence-corrected chi connectivity index (χ3v) is 5.36. The second-order valence-corrected chi connectivity index (χ2v) is 8.12. The maximum absolute atomic E-state index is 12.7. The predicted molar refractivity (Wildman–Crippen MR) is 92.4 cm³/mol. The van der Waals surface area contributed by atoms with Crippen molar-refractivity contribution in [1.82, 2.24) is 4.90 Å². The molecule has 1 N–H and O–H groups in total. The summed E-state index contributed by atoms with van der Waals surface area (Å²) in [4.78, 5) is 14.8. The maximum Gasteiger partial charge on any atom is 0.253 e. The Morgan fingerprint density at radius 3 is 2.35 bits per heavy atom. The van der Waals surface area contributed by atoms with E-state index >= 15 is 0 Å². The summed E-state index contributed by atoms with van der Waals surface area (Å²) in [5.41, 5.74) is 1.34. The Balaban J connectivity index is 1.61. The van der Waals surface area contributed by atoms with E-state index in [2.05, 4.69) is 4.90 Å². The van der Waals surface area contributed by atoms with Crippen LogP contribution in [0.2, 0.25) is 0 Å². The molecule has 3 heteroatoms. The molecule has 1 heterocycles. The number of nitrogens with zero attached hydrogens (tertiary/aromatic N) is 1. The Morgan fingerprint density at radius 2 is 1.78 bits per heavy atom. The van der Waals surface area contributed by atoms with Crippen molar-refractivity contribution in [3.05, 3.63) is 35.4 Å². The molecule has 0 aromatic heterocycles. The van der Waals surface area contributed by atoms with Gasteiger partial charge < -0.3 is 10.0 Å². The molecule has 2 atom stereocenters. The van der Waals surface area contributed by atoms with E-state index in [1.807, 2.05) is 38.1 Å². The number of aryl methyl sites for hydroxylation is 1. The largest absolute Gasteiger partial charge is 0.390 e. The van der Waals surface area contributed by atoms with Gasteiger partial charge in [-0.25, -0.2) is 0 Å². The van der Waals surface area contributed by atoms with E-state index in [1.54, 1.807) is 0 Å². The number of hydrogen-bond acceptors (Lipinski definition) is 2. The Morgan fingerprint density at radius 1 is 1.17 bits per heavy atom. The molecule has 3 nitrogen and oxygen atoms in total. The molecule has 2 fully saturated rings. The minimum absolute atomic E-state index is 0.190. The van der Waals surface area contributed by atoms with E-state index in [4.69, 9.17) is 0 Å². The van der Waals surface area contributed by atoms with Crippen molar-refractivity contribution < 1.29 is 9.90 Å². The van der Waals surface area contributed by atoms with Gasteiger partial charge in [0.15, 0.2) is 0 Å². The van der Waals surface area contributed by atoms with Crippen LogP contribution in [-0.4, -0.2) is 34.6 Å². The minimum atomic E-state index is -0.639. The van der Waals surface area contributed by atoms with Gasteiger partial charge in [-0.1, -0.05) is 18.6 Å². The summed E-state index contributed by atoms with van der Waals surface area (Å²) in [5, 5.41) is 9.81. The number of benzene rings is 1. The highest BCUT2D eigenvalue weighted by atomic mass is 16.3. The van der Waals surface area contributed by atoms with E-state index in [1.165, 1.54) is 31.2 Å². The summed E-state index contributed by atoms with van der Waals surface area (Å²) < 4.78 is 0. The van der Waals surface area contributed by atoms with Crippen LogP contribution in [0, 0.1) is 11.8 Å². The summed E-state index contributed by atoms with van der Waals surface area (Å²) in [6, 6.07) is 7.96. The Bertz CT molecular complexity index is 532. The van der Waals surface area contributed by atoms with Crippen molar-refractivity contribution in [2.75, 3.05) is 13.1 Å². The van der Waals surface area contributed by atoms with Crippen molar-refractivity contribution in [1.29, 1.82) is 0 Å². The van der Waals surface area contributed by atoms with Crippen LogP contribution in [0.15, 0.2) is 24.3 Å². The first kappa shape index (κ1) is 16.5. The molecule has 1 aliphatic carbocycles. The molecule has 1 aliphatic heterocycles. The van der Waals surface area contributed by atoms with Crippen molar-refractivity contribution in [2.45, 2.75) is 58.0 Å². The van der Waals surface area contributed by atoms with Gasteiger partial charge in [0.05, 0.1) is 5.60 Å². The monoisotopic (exact) mass is 315 g/mol. The molecule has 1 aromatic carbocycles. The van der Waals surface area contributed by atoms with Crippen molar-refractivity contribution >= 4 is 5.91 Å². The van der Waals surface area contributed by atoms with E-state index < -0.39 is 5.60 Å². The van der Waals surface area contributed by atoms with E-state index in [9.17, 15) is 9.90 Å². The average molecular weight is 315 g/mol. The zero-order valence-corrected chi connectivity index (χ0v) is 14.4. The molecule has 1 aromatic rings. The van der Waals surface area contributed by atoms with Gasteiger partial charge in [0.25, 0.3) is 5.91 Å². The molecule has 0 radical (unpaired) electrons. The Labute approximate surface area is 139 Å². The number of carbonyl (C=O) groups excluding carboxylic acids is 1. The van der Waals surface area contributed by atoms with Crippen molar-refractivity contribution in [2.24, 2.45) is 11.8 Å². The second kappa shape index (κ2) is 6.64. The van der Waals surface area contributed by atoms with Crippen molar-refractivity contribution in [3.8, 4) is 0 Å². The third kappa shape index (κ3) is 4.35.